The molecule has 0 aliphatic heterocycles. The lowest BCUT2D eigenvalue weighted by atomic mass is 9.54. The molecular weight excluding hydrogens is 358 g/mol. The van der Waals surface area contributed by atoms with E-state index in [1.54, 1.807) is 6.08 Å². The normalized spacial score (nSPS) is 39.1. The molecular formula is C21H29N3O4. The molecule has 4 aliphatic carbocycles. The second-order valence-corrected chi connectivity index (χ2v) is 8.93. The number of carbonyl (C=O) groups is 2. The van der Waals surface area contributed by atoms with Gasteiger partial charge in [-0.1, -0.05) is 13.0 Å². The number of rotatable bonds is 3. The summed E-state index contributed by atoms with van der Waals surface area (Å²) in [5, 5.41) is 10.7. The third-order valence-electron chi connectivity index (χ3n) is 7.36. The standard InChI is InChI=1S/C21H29N3O4/c1-20-8-6-14-13-7-9-21(27,28-18(26)11-24-19(22)23)10-12(13)2-3-15(14)16(20)4-5-17(20)25/h7,10,14-16,27H,2-6,8-9,11H2,1H3,(H4,22,23,24)/t14-,15-,16+,20+,21?/m1/s1. The predicted octanol–water partition coefficient (Wildman–Crippen LogP) is 1.55. The zero-order valence-corrected chi connectivity index (χ0v) is 16.3. The van der Waals surface area contributed by atoms with Crippen LogP contribution < -0.4 is 11.5 Å². The number of carbonyl (C=O) groups excluding carboxylic acids is 2. The molecule has 0 saturated heterocycles. The van der Waals surface area contributed by atoms with E-state index in [1.165, 1.54) is 5.57 Å². The number of ketones is 1. The van der Waals surface area contributed by atoms with Crippen LogP contribution >= 0.6 is 0 Å². The van der Waals surface area contributed by atoms with Crippen LogP contribution in [0.1, 0.15) is 51.9 Å². The van der Waals surface area contributed by atoms with Crippen molar-refractivity contribution in [3.8, 4) is 0 Å². The Hall–Kier alpha value is -2.15. The van der Waals surface area contributed by atoms with Crippen LogP contribution in [0.15, 0.2) is 28.3 Å². The molecule has 4 rings (SSSR count). The molecule has 28 heavy (non-hydrogen) atoms. The van der Waals surface area contributed by atoms with Crippen LogP contribution in [-0.2, 0) is 14.3 Å². The summed E-state index contributed by atoms with van der Waals surface area (Å²) in [4.78, 5) is 28.0. The molecule has 0 heterocycles. The first-order chi connectivity index (χ1) is 13.2. The summed E-state index contributed by atoms with van der Waals surface area (Å²) in [5.74, 6) is -0.627. The lowest BCUT2D eigenvalue weighted by molar-refractivity contribution is -0.188. The Balaban J connectivity index is 1.49. The number of aliphatic imine (C=N–C) groups is 1. The molecule has 0 radical (unpaired) electrons. The maximum Gasteiger partial charge on any atom is 0.330 e. The fraction of sp³-hybridized carbons (Fsp3) is 0.667. The van der Waals surface area contributed by atoms with Crippen molar-refractivity contribution in [3.05, 3.63) is 23.3 Å². The Morgan fingerprint density at radius 2 is 2.11 bits per heavy atom. The quantitative estimate of drug-likeness (QED) is 0.292. The van der Waals surface area contributed by atoms with Crippen LogP contribution in [0.3, 0.4) is 0 Å². The second-order valence-electron chi connectivity index (χ2n) is 8.93. The molecule has 4 aliphatic rings. The van der Waals surface area contributed by atoms with Crippen LogP contribution in [0.4, 0.5) is 0 Å². The van der Waals surface area contributed by atoms with E-state index in [-0.39, 0.29) is 24.3 Å². The molecule has 1 unspecified atom stereocenters. The van der Waals surface area contributed by atoms with Crippen molar-refractivity contribution in [2.75, 3.05) is 6.54 Å². The van der Waals surface area contributed by atoms with E-state index in [0.29, 0.717) is 23.5 Å². The van der Waals surface area contributed by atoms with E-state index < -0.39 is 11.8 Å². The highest BCUT2D eigenvalue weighted by Gasteiger charge is 2.55. The fourth-order valence-corrected chi connectivity index (χ4v) is 6.03. The molecule has 0 spiro atoms. The first-order valence-corrected chi connectivity index (χ1v) is 10.2. The van der Waals surface area contributed by atoms with E-state index >= 15 is 0 Å². The lowest BCUT2D eigenvalue weighted by Crippen LogP contribution is -2.45. The molecule has 0 aromatic carbocycles. The van der Waals surface area contributed by atoms with Crippen molar-refractivity contribution in [1.29, 1.82) is 0 Å². The number of aliphatic hydroxyl groups is 1. The second kappa shape index (κ2) is 6.72. The molecule has 5 N–H and O–H groups in total. The van der Waals surface area contributed by atoms with Crippen LogP contribution in [0, 0.1) is 23.2 Å². The van der Waals surface area contributed by atoms with E-state index in [0.717, 1.165) is 44.1 Å². The minimum absolute atomic E-state index is 0.140. The van der Waals surface area contributed by atoms with E-state index in [2.05, 4.69) is 11.9 Å². The molecule has 0 bridgehead atoms. The summed E-state index contributed by atoms with van der Waals surface area (Å²) < 4.78 is 5.25. The topological polar surface area (TPSA) is 128 Å². The third-order valence-corrected chi connectivity index (χ3v) is 7.36. The summed E-state index contributed by atoms with van der Waals surface area (Å²) in [7, 11) is 0. The van der Waals surface area contributed by atoms with Crippen molar-refractivity contribution in [2.45, 2.75) is 57.7 Å². The average Bonchev–Trinajstić information content (AvgIpc) is 2.94. The first-order valence-electron chi connectivity index (χ1n) is 10.2. The molecule has 3 fully saturated rings. The monoisotopic (exact) mass is 387 g/mol. The van der Waals surface area contributed by atoms with Crippen molar-refractivity contribution < 1.29 is 19.4 Å². The van der Waals surface area contributed by atoms with Gasteiger partial charge in [-0.15, -0.1) is 0 Å². The largest absolute Gasteiger partial charge is 0.428 e. The first kappa shape index (κ1) is 19.2. The van der Waals surface area contributed by atoms with Crippen LogP contribution in [0.25, 0.3) is 0 Å². The molecule has 5 atom stereocenters. The number of esters is 1. The lowest BCUT2D eigenvalue weighted by Gasteiger charge is -2.50. The zero-order valence-electron chi connectivity index (χ0n) is 16.3. The summed E-state index contributed by atoms with van der Waals surface area (Å²) >= 11 is 0. The average molecular weight is 387 g/mol. The maximum absolute atomic E-state index is 12.4. The minimum Gasteiger partial charge on any atom is -0.428 e. The molecule has 0 amide bonds. The highest BCUT2D eigenvalue weighted by atomic mass is 16.7. The highest BCUT2D eigenvalue weighted by molar-refractivity contribution is 5.87. The third kappa shape index (κ3) is 3.15. The van der Waals surface area contributed by atoms with Gasteiger partial charge in [0.25, 0.3) is 0 Å². The van der Waals surface area contributed by atoms with E-state index in [1.807, 2.05) is 6.08 Å². The van der Waals surface area contributed by atoms with Gasteiger partial charge in [0.2, 0.25) is 5.79 Å². The number of fused-ring (bicyclic) bond motifs is 5. The van der Waals surface area contributed by atoms with Crippen molar-refractivity contribution in [2.24, 2.45) is 39.6 Å². The Bertz CT molecular complexity index is 797. The number of guanidine groups is 1. The Kier molecular flexibility index (Phi) is 4.61. The Morgan fingerprint density at radius 1 is 1.32 bits per heavy atom. The van der Waals surface area contributed by atoms with Gasteiger partial charge in [-0.25, -0.2) is 9.79 Å². The number of hydrogen-bond acceptors (Lipinski definition) is 5. The van der Waals surface area contributed by atoms with Crippen molar-refractivity contribution >= 4 is 17.7 Å². The SMILES string of the molecule is C[C@]12CC[C@@H]3C4=CCC(O)(OC(=O)CN=C(N)N)C=C4CC[C@H]3[C@@H]1CCC2=O. The van der Waals surface area contributed by atoms with Gasteiger partial charge in [-0.2, -0.15) is 0 Å². The highest BCUT2D eigenvalue weighted by Crippen LogP contribution is 2.60. The number of ether oxygens (including phenoxy) is 1. The molecule has 7 heteroatoms. The fourth-order valence-electron chi connectivity index (χ4n) is 6.03. The molecule has 7 nitrogen and oxygen atoms in total. The Morgan fingerprint density at radius 3 is 2.86 bits per heavy atom. The van der Waals surface area contributed by atoms with Gasteiger partial charge in [-0.05, 0) is 67.1 Å². The van der Waals surface area contributed by atoms with Gasteiger partial charge >= 0.3 is 5.97 Å². The van der Waals surface area contributed by atoms with Crippen molar-refractivity contribution in [3.63, 3.8) is 0 Å². The van der Waals surface area contributed by atoms with Gasteiger partial charge < -0.3 is 21.3 Å². The number of allylic oxidation sites excluding steroid dienone is 2. The zero-order chi connectivity index (χ0) is 20.1. The molecule has 3 saturated carbocycles. The smallest absolute Gasteiger partial charge is 0.330 e. The predicted molar refractivity (Wildman–Crippen MR) is 104 cm³/mol. The molecule has 0 aromatic heterocycles. The van der Waals surface area contributed by atoms with Gasteiger partial charge in [0.05, 0.1) is 0 Å². The minimum atomic E-state index is -1.64. The van der Waals surface area contributed by atoms with Crippen LogP contribution in [0.5, 0.6) is 0 Å². The number of Topliss-reactive ketones (excluding diaryl/α,β-unsaturated/α-hetero) is 1. The van der Waals surface area contributed by atoms with Gasteiger partial charge in [0.15, 0.2) is 5.96 Å². The van der Waals surface area contributed by atoms with E-state index in [4.69, 9.17) is 16.2 Å². The summed E-state index contributed by atoms with van der Waals surface area (Å²) in [6.07, 6.45) is 9.48. The summed E-state index contributed by atoms with van der Waals surface area (Å²) in [6.45, 7) is 1.85. The number of nitrogens with two attached hydrogens (primary N) is 2. The van der Waals surface area contributed by atoms with Crippen LogP contribution in [0.2, 0.25) is 0 Å². The molecule has 0 aromatic rings. The van der Waals surface area contributed by atoms with Gasteiger partial charge in [0.1, 0.15) is 12.3 Å². The number of nitrogens with zero attached hydrogens (tertiary/aromatic N) is 1. The van der Waals surface area contributed by atoms with E-state index in [9.17, 15) is 14.7 Å². The maximum atomic E-state index is 12.4. The number of hydrogen-bond donors (Lipinski definition) is 3. The van der Waals surface area contributed by atoms with Gasteiger partial charge in [0, 0.05) is 18.3 Å². The van der Waals surface area contributed by atoms with Crippen molar-refractivity contribution in [1.82, 2.24) is 0 Å². The summed E-state index contributed by atoms with van der Waals surface area (Å²) in [6, 6.07) is 0. The Labute approximate surface area is 164 Å². The molecule has 152 valence electrons. The summed E-state index contributed by atoms with van der Waals surface area (Å²) in [5.41, 5.74) is 12.7. The van der Waals surface area contributed by atoms with Crippen LogP contribution in [-0.4, -0.2) is 35.2 Å². The van der Waals surface area contributed by atoms with Gasteiger partial charge in [-0.3, -0.25) is 4.79 Å².